The van der Waals surface area contributed by atoms with Gasteiger partial charge in [0, 0.05) is 34.1 Å². The number of hydrogen-bond acceptors (Lipinski definition) is 1. The molecule has 4 saturated carbocycles. The molecule has 1 nitrogen and oxygen atoms in total. The van der Waals surface area contributed by atoms with E-state index in [0.717, 1.165) is 25.2 Å². The van der Waals surface area contributed by atoms with Crippen molar-refractivity contribution in [1.82, 2.24) is 0 Å². The minimum absolute atomic E-state index is 0. The van der Waals surface area contributed by atoms with E-state index in [-0.39, 0.29) is 76.3 Å². The van der Waals surface area contributed by atoms with Gasteiger partial charge in [0.25, 0.3) is 0 Å². The fourth-order valence-electron chi connectivity index (χ4n) is 7.50. The van der Waals surface area contributed by atoms with Crippen LogP contribution in [0.2, 0.25) is 0 Å². The van der Waals surface area contributed by atoms with Crippen molar-refractivity contribution in [3.05, 3.63) is 6.42 Å². The van der Waals surface area contributed by atoms with Crippen LogP contribution in [0.3, 0.4) is 0 Å². The van der Waals surface area contributed by atoms with Gasteiger partial charge in [0.2, 0.25) is 0 Å². The third-order valence-corrected chi connectivity index (χ3v) is 10.3. The summed E-state index contributed by atoms with van der Waals surface area (Å²) in [6, 6.07) is -1.06. The zero-order valence-electron chi connectivity index (χ0n) is 20.2. The maximum atomic E-state index is 15.3. The van der Waals surface area contributed by atoms with Crippen LogP contribution >= 0.6 is 9.24 Å². The Balaban J connectivity index is 0.00000204. The zero-order chi connectivity index (χ0) is 23.0. The third-order valence-electron chi connectivity index (χ3n) is 9.60. The molecule has 4 aliphatic carbocycles. The first kappa shape index (κ1) is 31.4. The van der Waals surface area contributed by atoms with Gasteiger partial charge in [-0.2, -0.15) is 5.92 Å². The molecule has 34 heavy (non-hydrogen) atoms. The van der Waals surface area contributed by atoms with E-state index in [9.17, 15) is 8.78 Å². The van der Waals surface area contributed by atoms with Crippen molar-refractivity contribution in [1.29, 1.82) is 0 Å². The summed E-state index contributed by atoms with van der Waals surface area (Å²) in [4.78, 5) is 0. The molecule has 10 atom stereocenters. The molecular weight excluding hydrogens is 545 g/mol. The van der Waals surface area contributed by atoms with E-state index in [1.165, 1.54) is 25.7 Å². The fraction of sp³-hybridized carbons (Fsp3) is 0.962. The topological polar surface area (TPSA) is 26.0 Å². The van der Waals surface area contributed by atoms with E-state index < -0.39 is 30.7 Å². The first-order valence-corrected chi connectivity index (χ1v) is 13.8. The van der Waals surface area contributed by atoms with Crippen molar-refractivity contribution < 1.29 is 51.7 Å². The summed E-state index contributed by atoms with van der Waals surface area (Å²) in [5.41, 5.74) is 5.57. The molecule has 4 fully saturated rings. The standard InChI is InChI=1S/C26H43F4NP.2Fe/c1-14-2-4-16(5-3-14)17-6-7-19(21(27)11-17)18-12-22(28)20(25(32)13-18)8-15-9-23(29)26(31)24(30)10-15;;/h8,14-26H,2-7,9-13,31-32H2,1H3;;/q-1;;. The Morgan fingerprint density at radius 3 is 1.79 bits per heavy atom. The van der Waals surface area contributed by atoms with Crippen molar-refractivity contribution in [3.63, 3.8) is 0 Å². The van der Waals surface area contributed by atoms with Gasteiger partial charge in [0.05, 0.1) is 12.2 Å². The molecule has 0 aromatic heterocycles. The van der Waals surface area contributed by atoms with Crippen LogP contribution < -0.4 is 5.73 Å². The summed E-state index contributed by atoms with van der Waals surface area (Å²) in [5, 5.41) is 0. The number of halogens is 4. The van der Waals surface area contributed by atoms with Gasteiger partial charge in [0.15, 0.2) is 0 Å². The predicted octanol–water partition coefficient (Wildman–Crippen LogP) is 6.79. The Hall–Kier alpha value is 1.15. The minimum Gasteiger partial charge on any atom is -0.323 e. The molecule has 0 aromatic carbocycles. The number of rotatable bonds is 4. The molecule has 0 aliphatic heterocycles. The Morgan fingerprint density at radius 2 is 1.24 bits per heavy atom. The van der Waals surface area contributed by atoms with E-state index >= 15 is 8.78 Å². The molecule has 8 heteroatoms. The van der Waals surface area contributed by atoms with Crippen molar-refractivity contribution in [2.45, 2.75) is 114 Å². The Kier molecular flexibility index (Phi) is 12.7. The number of alkyl halides is 4. The SMILES string of the molecule is CC1CCC(C2CCC(C3CC(F)C([CH-]C4CC(F)C(N)C(F)C4)C(P)C3)C(F)C2)CC1.[Fe].[Fe]. The van der Waals surface area contributed by atoms with Gasteiger partial charge in [-0.05, 0) is 93.0 Å². The number of nitrogens with two attached hydrogens (primary N) is 1. The van der Waals surface area contributed by atoms with Gasteiger partial charge in [-0.3, -0.25) is 0 Å². The smallest absolute Gasteiger partial charge is 0.116 e. The summed E-state index contributed by atoms with van der Waals surface area (Å²) < 4.78 is 58.7. The molecule has 10 unspecified atom stereocenters. The molecule has 0 saturated heterocycles. The van der Waals surface area contributed by atoms with E-state index in [2.05, 4.69) is 16.2 Å². The molecule has 0 aromatic rings. The van der Waals surface area contributed by atoms with E-state index in [0.29, 0.717) is 24.7 Å². The van der Waals surface area contributed by atoms with E-state index in [1.807, 2.05) is 6.42 Å². The van der Waals surface area contributed by atoms with Crippen LogP contribution in [-0.4, -0.2) is 36.4 Å². The van der Waals surface area contributed by atoms with Crippen LogP contribution in [0.1, 0.15) is 77.6 Å². The maximum absolute atomic E-state index is 15.3. The van der Waals surface area contributed by atoms with Crippen LogP contribution in [-0.2, 0) is 34.1 Å². The molecule has 0 spiro atoms. The second-order valence-corrected chi connectivity index (χ2v) is 12.7. The molecule has 0 bridgehead atoms. The van der Waals surface area contributed by atoms with E-state index in [4.69, 9.17) is 5.73 Å². The number of hydrogen-bond donors (Lipinski definition) is 1. The zero-order valence-corrected chi connectivity index (χ0v) is 23.6. The van der Waals surface area contributed by atoms with Crippen molar-refractivity contribution in [2.75, 3.05) is 0 Å². The van der Waals surface area contributed by atoms with Gasteiger partial charge < -0.3 is 12.2 Å². The Labute approximate surface area is 227 Å². The van der Waals surface area contributed by atoms with Gasteiger partial charge in [-0.1, -0.05) is 19.8 Å². The van der Waals surface area contributed by atoms with Gasteiger partial charge in [-0.25, -0.2) is 17.6 Å². The summed E-state index contributed by atoms with van der Waals surface area (Å²) in [5.74, 6) is 1.44. The minimum atomic E-state index is -1.37. The fourth-order valence-corrected chi connectivity index (χ4v) is 8.22. The Morgan fingerprint density at radius 1 is 0.676 bits per heavy atom. The van der Waals surface area contributed by atoms with Crippen LogP contribution in [0.15, 0.2) is 0 Å². The predicted molar refractivity (Wildman–Crippen MR) is 126 cm³/mol. The van der Waals surface area contributed by atoms with Crippen molar-refractivity contribution >= 4 is 9.24 Å². The van der Waals surface area contributed by atoms with Crippen molar-refractivity contribution in [3.8, 4) is 0 Å². The van der Waals surface area contributed by atoms with Gasteiger partial charge in [-0.15, -0.1) is 15.2 Å². The molecule has 0 heterocycles. The third kappa shape index (κ3) is 7.38. The first-order chi connectivity index (χ1) is 15.2. The summed E-state index contributed by atoms with van der Waals surface area (Å²) in [6.45, 7) is 2.32. The van der Waals surface area contributed by atoms with Crippen LogP contribution in [0, 0.1) is 47.8 Å². The monoisotopic (exact) mass is 588 g/mol. The Bertz CT molecular complexity index is 587. The molecule has 0 radical (unpaired) electrons. The second kappa shape index (κ2) is 13.8. The van der Waals surface area contributed by atoms with Crippen molar-refractivity contribution in [2.24, 2.45) is 47.2 Å². The summed E-state index contributed by atoms with van der Waals surface area (Å²) in [7, 11) is 2.76. The molecule has 2 N–H and O–H groups in total. The normalized spacial score (nSPS) is 50.0. The summed E-state index contributed by atoms with van der Waals surface area (Å²) in [6.07, 6.45) is 6.45. The molecule has 4 rings (SSSR count). The van der Waals surface area contributed by atoms with Gasteiger partial charge in [0.1, 0.15) is 18.5 Å². The second-order valence-electron chi connectivity index (χ2n) is 11.8. The van der Waals surface area contributed by atoms with Crippen LogP contribution in [0.5, 0.6) is 0 Å². The molecule has 202 valence electrons. The van der Waals surface area contributed by atoms with Gasteiger partial charge >= 0.3 is 0 Å². The first-order valence-electron chi connectivity index (χ1n) is 13.1. The maximum Gasteiger partial charge on any atom is 0.116 e. The van der Waals surface area contributed by atoms with E-state index in [1.54, 1.807) is 0 Å². The largest absolute Gasteiger partial charge is 0.323 e. The van der Waals surface area contributed by atoms with Crippen LogP contribution in [0.25, 0.3) is 0 Å². The molecule has 4 aliphatic rings. The average Bonchev–Trinajstić information content (AvgIpc) is 2.75. The summed E-state index contributed by atoms with van der Waals surface area (Å²) >= 11 is 0. The molecular formula is C26H43F4Fe2NP-. The molecule has 0 amide bonds. The average molecular weight is 588 g/mol. The van der Waals surface area contributed by atoms with Crippen LogP contribution in [0.4, 0.5) is 17.6 Å². The quantitative estimate of drug-likeness (QED) is 0.167.